The van der Waals surface area contributed by atoms with Crippen LogP contribution in [0.25, 0.3) is 11.3 Å². The zero-order valence-corrected chi connectivity index (χ0v) is 12.6. The first-order chi connectivity index (χ1) is 11.3. The van der Waals surface area contributed by atoms with E-state index in [1.54, 1.807) is 6.20 Å². The first kappa shape index (κ1) is 13.8. The number of rotatable bonds is 3. The second kappa shape index (κ2) is 5.72. The summed E-state index contributed by atoms with van der Waals surface area (Å²) in [5, 5.41) is 0. The topological polar surface area (TPSA) is 46.3 Å². The number of carbonyl (C=O) groups is 1. The van der Waals surface area contributed by atoms with Gasteiger partial charge in [0.25, 0.3) is 0 Å². The van der Waals surface area contributed by atoms with Crippen molar-refractivity contribution in [3.63, 3.8) is 0 Å². The maximum absolute atomic E-state index is 12.7. The van der Waals surface area contributed by atoms with Gasteiger partial charge in [-0.15, -0.1) is 0 Å². The van der Waals surface area contributed by atoms with Crippen LogP contribution in [0.5, 0.6) is 0 Å². The third-order valence-electron chi connectivity index (χ3n) is 4.30. The van der Waals surface area contributed by atoms with Crippen LogP contribution < -0.4 is 4.90 Å². The van der Waals surface area contributed by atoms with Crippen LogP contribution >= 0.6 is 0 Å². The highest BCUT2D eigenvalue weighted by atomic mass is 16.3. The van der Waals surface area contributed by atoms with Crippen LogP contribution in [0.3, 0.4) is 0 Å². The van der Waals surface area contributed by atoms with Gasteiger partial charge >= 0.3 is 0 Å². The average Bonchev–Trinajstić information content (AvgIpc) is 3.26. The largest absolute Gasteiger partial charge is 0.444 e. The summed E-state index contributed by atoms with van der Waals surface area (Å²) in [4.78, 5) is 18.5. The number of amides is 1. The van der Waals surface area contributed by atoms with E-state index in [-0.39, 0.29) is 11.8 Å². The Labute approximate surface area is 134 Å². The molecule has 4 nitrogen and oxygen atoms in total. The summed E-state index contributed by atoms with van der Waals surface area (Å²) in [6.45, 7) is 0.750. The highest BCUT2D eigenvalue weighted by molar-refractivity contribution is 6.00. The van der Waals surface area contributed by atoms with Gasteiger partial charge in [0.05, 0.1) is 12.1 Å². The molecule has 0 spiro atoms. The number of hydrogen-bond donors (Lipinski definition) is 0. The quantitative estimate of drug-likeness (QED) is 0.738. The maximum atomic E-state index is 12.7. The van der Waals surface area contributed by atoms with Gasteiger partial charge in [0.2, 0.25) is 5.91 Å². The summed E-state index contributed by atoms with van der Waals surface area (Å²) < 4.78 is 5.29. The minimum Gasteiger partial charge on any atom is -0.444 e. The van der Waals surface area contributed by atoms with E-state index in [0.717, 1.165) is 35.5 Å². The lowest BCUT2D eigenvalue weighted by Crippen LogP contribution is -2.26. The lowest BCUT2D eigenvalue weighted by molar-refractivity contribution is -0.118. The fourth-order valence-corrected chi connectivity index (χ4v) is 3.09. The van der Waals surface area contributed by atoms with Crippen molar-refractivity contribution in [2.45, 2.75) is 12.3 Å². The Hall–Kier alpha value is -2.88. The van der Waals surface area contributed by atoms with E-state index in [9.17, 15) is 4.79 Å². The zero-order chi connectivity index (χ0) is 15.6. The van der Waals surface area contributed by atoms with Gasteiger partial charge in [0, 0.05) is 17.8 Å². The van der Waals surface area contributed by atoms with Crippen LogP contribution in [0.1, 0.15) is 17.9 Å². The minimum atomic E-state index is -0.0369. The summed E-state index contributed by atoms with van der Waals surface area (Å²) in [5.41, 5.74) is 2.98. The fraction of sp³-hybridized carbons (Fsp3) is 0.158. The monoisotopic (exact) mass is 304 g/mol. The van der Waals surface area contributed by atoms with Crippen molar-refractivity contribution in [1.29, 1.82) is 0 Å². The number of anilines is 1. The van der Waals surface area contributed by atoms with E-state index in [2.05, 4.69) is 4.98 Å². The number of carbonyl (C=O) groups excluding carboxylic acids is 1. The Morgan fingerprint density at radius 2 is 1.83 bits per heavy atom. The van der Waals surface area contributed by atoms with Crippen LogP contribution in [0.15, 0.2) is 71.6 Å². The second-order valence-electron chi connectivity index (χ2n) is 5.65. The molecule has 0 aliphatic carbocycles. The fourth-order valence-electron chi connectivity index (χ4n) is 3.09. The molecule has 0 radical (unpaired) electrons. The Morgan fingerprint density at radius 1 is 1.04 bits per heavy atom. The number of aromatic nitrogens is 1. The SMILES string of the molecule is O=C1[C@@H](c2ccccc2)CCN1c1ccc(-c2cnco2)cc1. The summed E-state index contributed by atoms with van der Waals surface area (Å²) in [5.74, 6) is 0.861. The molecule has 1 atom stereocenters. The van der Waals surface area contributed by atoms with Crippen LogP contribution in [0, 0.1) is 0 Å². The average molecular weight is 304 g/mol. The highest BCUT2D eigenvalue weighted by Gasteiger charge is 2.33. The normalized spacial score (nSPS) is 17.7. The first-order valence-electron chi connectivity index (χ1n) is 7.68. The van der Waals surface area contributed by atoms with Crippen LogP contribution in [-0.2, 0) is 4.79 Å². The lowest BCUT2D eigenvalue weighted by Gasteiger charge is -2.17. The highest BCUT2D eigenvalue weighted by Crippen LogP contribution is 2.33. The molecule has 1 aliphatic heterocycles. The van der Waals surface area contributed by atoms with E-state index < -0.39 is 0 Å². The zero-order valence-electron chi connectivity index (χ0n) is 12.6. The Balaban J connectivity index is 1.56. The molecule has 2 heterocycles. The lowest BCUT2D eigenvalue weighted by atomic mass is 9.98. The van der Waals surface area contributed by atoms with Gasteiger partial charge in [-0.3, -0.25) is 4.79 Å². The third-order valence-corrected chi connectivity index (χ3v) is 4.30. The number of oxazole rings is 1. The predicted octanol–water partition coefficient (Wildman–Crippen LogP) is 3.86. The van der Waals surface area contributed by atoms with Gasteiger partial charge in [0.1, 0.15) is 0 Å². The van der Waals surface area contributed by atoms with Crippen molar-refractivity contribution >= 4 is 11.6 Å². The van der Waals surface area contributed by atoms with E-state index >= 15 is 0 Å². The summed E-state index contributed by atoms with van der Waals surface area (Å²) >= 11 is 0. The molecule has 3 aromatic rings. The molecule has 1 aliphatic rings. The molecular weight excluding hydrogens is 288 g/mol. The third kappa shape index (κ3) is 2.52. The molecule has 114 valence electrons. The van der Waals surface area contributed by atoms with Crippen molar-refractivity contribution in [2.24, 2.45) is 0 Å². The Bertz CT molecular complexity index is 795. The van der Waals surface area contributed by atoms with E-state index in [1.165, 1.54) is 6.39 Å². The van der Waals surface area contributed by atoms with Gasteiger partial charge in [-0.25, -0.2) is 4.98 Å². The Morgan fingerprint density at radius 3 is 2.52 bits per heavy atom. The standard InChI is InChI=1S/C19H16N2O2/c22-19-17(14-4-2-1-3-5-14)10-11-21(19)16-8-6-15(7-9-16)18-12-20-13-23-18/h1-9,12-13,17H,10-11H2/t17-/m1/s1. The predicted molar refractivity (Wildman–Crippen MR) is 88.1 cm³/mol. The van der Waals surface area contributed by atoms with Crippen molar-refractivity contribution in [1.82, 2.24) is 4.98 Å². The summed E-state index contributed by atoms with van der Waals surface area (Å²) in [6, 6.07) is 17.8. The minimum absolute atomic E-state index is 0.0369. The molecule has 1 amide bonds. The molecule has 4 heteroatoms. The second-order valence-corrected chi connectivity index (χ2v) is 5.65. The molecule has 2 aromatic carbocycles. The molecule has 4 rings (SSSR count). The molecule has 23 heavy (non-hydrogen) atoms. The van der Waals surface area contributed by atoms with Crippen molar-refractivity contribution in [3.8, 4) is 11.3 Å². The van der Waals surface area contributed by atoms with Crippen molar-refractivity contribution in [3.05, 3.63) is 72.8 Å². The van der Waals surface area contributed by atoms with E-state index in [0.29, 0.717) is 0 Å². The molecule has 0 saturated carbocycles. The van der Waals surface area contributed by atoms with Gasteiger partial charge in [-0.2, -0.15) is 0 Å². The number of hydrogen-bond acceptors (Lipinski definition) is 3. The Kier molecular flexibility index (Phi) is 3.42. The maximum Gasteiger partial charge on any atom is 0.234 e. The molecule has 1 saturated heterocycles. The molecule has 0 bridgehead atoms. The van der Waals surface area contributed by atoms with Crippen LogP contribution in [0.2, 0.25) is 0 Å². The smallest absolute Gasteiger partial charge is 0.234 e. The first-order valence-corrected chi connectivity index (χ1v) is 7.68. The number of benzene rings is 2. The summed E-state index contributed by atoms with van der Waals surface area (Å²) in [7, 11) is 0. The van der Waals surface area contributed by atoms with Crippen molar-refractivity contribution < 1.29 is 9.21 Å². The molecule has 0 N–H and O–H groups in total. The van der Waals surface area contributed by atoms with Gasteiger partial charge < -0.3 is 9.32 Å². The van der Waals surface area contributed by atoms with Gasteiger partial charge in [-0.05, 0) is 36.2 Å². The van der Waals surface area contributed by atoms with E-state index in [4.69, 9.17) is 4.42 Å². The molecule has 1 fully saturated rings. The molecule has 1 aromatic heterocycles. The van der Waals surface area contributed by atoms with Crippen LogP contribution in [0.4, 0.5) is 5.69 Å². The van der Waals surface area contributed by atoms with Crippen LogP contribution in [-0.4, -0.2) is 17.4 Å². The van der Waals surface area contributed by atoms with Gasteiger partial charge in [0.15, 0.2) is 12.2 Å². The van der Waals surface area contributed by atoms with Gasteiger partial charge in [-0.1, -0.05) is 30.3 Å². The molecule has 0 unspecified atom stereocenters. The van der Waals surface area contributed by atoms with Crippen molar-refractivity contribution in [2.75, 3.05) is 11.4 Å². The molecular formula is C19H16N2O2. The van der Waals surface area contributed by atoms with E-state index in [1.807, 2.05) is 59.5 Å². The summed E-state index contributed by atoms with van der Waals surface area (Å²) in [6.07, 6.45) is 3.95. The number of nitrogens with zero attached hydrogens (tertiary/aromatic N) is 2.